The predicted molar refractivity (Wildman–Crippen MR) is 134 cm³/mol. The number of anilines is 1. The molecule has 1 aromatic rings. The zero-order chi connectivity index (χ0) is 22.3. The summed E-state index contributed by atoms with van der Waals surface area (Å²) in [5.74, 6) is 0.199. The van der Waals surface area contributed by atoms with Crippen molar-refractivity contribution in [3.63, 3.8) is 0 Å². The molecule has 0 amide bonds. The van der Waals surface area contributed by atoms with E-state index in [4.69, 9.17) is 0 Å². The minimum absolute atomic E-state index is 0.199. The van der Waals surface area contributed by atoms with Crippen molar-refractivity contribution in [1.82, 2.24) is 4.48 Å². The molecule has 0 aromatic heterocycles. The molecule has 1 N–H and O–H groups in total. The van der Waals surface area contributed by atoms with Gasteiger partial charge >= 0.3 is 0 Å². The van der Waals surface area contributed by atoms with E-state index in [9.17, 15) is 8.42 Å². The smallest absolute Gasteiger partial charge is 0.232 e. The highest BCUT2D eigenvalue weighted by Gasteiger charge is 2.17. The number of hydrogen-bond acceptors (Lipinski definition) is 2. The van der Waals surface area contributed by atoms with Crippen LogP contribution in [0.25, 0.3) is 0 Å². The Morgan fingerprint density at radius 2 is 1.30 bits per heavy atom. The summed E-state index contributed by atoms with van der Waals surface area (Å²) in [5.41, 5.74) is 1.76. The van der Waals surface area contributed by atoms with Gasteiger partial charge in [0.15, 0.2) is 0 Å². The van der Waals surface area contributed by atoms with E-state index >= 15 is 0 Å². The predicted octanol–water partition coefficient (Wildman–Crippen LogP) is 6.88. The molecule has 4 nitrogen and oxygen atoms in total. The summed E-state index contributed by atoms with van der Waals surface area (Å²) in [6, 6.07) is 7.65. The first-order valence-corrected chi connectivity index (χ1v) is 13.5. The minimum atomic E-state index is -3.28. The van der Waals surface area contributed by atoms with Gasteiger partial charge in [-0.3, -0.25) is 9.21 Å². The van der Waals surface area contributed by atoms with Crippen LogP contribution in [-0.2, 0) is 10.0 Å². The molecule has 0 aliphatic rings. The maximum atomic E-state index is 12.3. The standard InChI is InChI=1S/C25H45N2O2S/c1-5-7-8-9-10-11-12-13-14-15-16-17-23-30(28,29)26-24-18-20-25(21-19-24)27(3,4)22-6-2/h6,18-21,26H,2,5,7-17,22-23H2,1,3-4H3/q+1. The zero-order valence-corrected chi connectivity index (χ0v) is 20.5. The molecule has 172 valence electrons. The number of sulfonamides is 1. The van der Waals surface area contributed by atoms with Gasteiger partial charge in [-0.05, 0) is 24.6 Å². The Morgan fingerprint density at radius 1 is 0.833 bits per heavy atom. The van der Waals surface area contributed by atoms with E-state index in [1.54, 1.807) is 0 Å². The number of rotatable bonds is 18. The Labute approximate surface area is 186 Å². The molecule has 0 heterocycles. The summed E-state index contributed by atoms with van der Waals surface area (Å²) < 4.78 is 28.1. The number of likely N-dealkylation sites (N-methyl/N-ethyl adjacent to an activating group) is 1. The summed E-state index contributed by atoms with van der Waals surface area (Å²) >= 11 is 0. The Morgan fingerprint density at radius 3 is 1.77 bits per heavy atom. The number of nitrogens with one attached hydrogen (secondary N) is 1. The van der Waals surface area contributed by atoms with Crippen molar-refractivity contribution in [3.8, 4) is 0 Å². The summed E-state index contributed by atoms with van der Waals surface area (Å²) in [6.45, 7) is 6.88. The molecule has 0 atom stereocenters. The number of nitrogens with zero attached hydrogens (tertiary/aromatic N) is 1. The van der Waals surface area contributed by atoms with Gasteiger partial charge in [0.1, 0.15) is 12.2 Å². The van der Waals surface area contributed by atoms with Gasteiger partial charge < -0.3 is 0 Å². The molecule has 30 heavy (non-hydrogen) atoms. The lowest BCUT2D eigenvalue weighted by atomic mass is 10.1. The average Bonchev–Trinajstić information content (AvgIpc) is 2.69. The SMILES string of the molecule is C=CC[N+](C)(C)c1ccc(NS(=O)(=O)CCCCCCCCCCCCCC)cc1. The molecule has 1 rings (SSSR count). The van der Waals surface area contributed by atoms with E-state index in [2.05, 4.69) is 32.3 Å². The van der Waals surface area contributed by atoms with E-state index in [0.29, 0.717) is 10.2 Å². The van der Waals surface area contributed by atoms with Crippen molar-refractivity contribution in [2.24, 2.45) is 0 Å². The lowest BCUT2D eigenvalue weighted by molar-refractivity contribution is 0.442. The molecule has 0 aliphatic heterocycles. The average molecular weight is 438 g/mol. The van der Waals surface area contributed by atoms with E-state index in [1.807, 2.05) is 30.3 Å². The van der Waals surface area contributed by atoms with Gasteiger partial charge in [-0.2, -0.15) is 0 Å². The maximum absolute atomic E-state index is 12.3. The highest BCUT2D eigenvalue weighted by Crippen LogP contribution is 2.22. The Balaban J connectivity index is 2.19. The van der Waals surface area contributed by atoms with E-state index < -0.39 is 10.0 Å². The molecular formula is C25H45N2O2S+. The largest absolute Gasteiger partial charge is 0.293 e. The first-order valence-electron chi connectivity index (χ1n) is 11.9. The quantitative estimate of drug-likeness (QED) is 0.154. The third kappa shape index (κ3) is 11.8. The Kier molecular flexibility index (Phi) is 13.0. The van der Waals surface area contributed by atoms with Crippen LogP contribution in [0.15, 0.2) is 36.9 Å². The van der Waals surface area contributed by atoms with Crippen molar-refractivity contribution < 1.29 is 8.42 Å². The van der Waals surface area contributed by atoms with Gasteiger partial charge in [0.2, 0.25) is 10.0 Å². The van der Waals surface area contributed by atoms with Crippen LogP contribution in [-0.4, -0.2) is 34.8 Å². The number of benzene rings is 1. The molecular weight excluding hydrogens is 392 g/mol. The van der Waals surface area contributed by atoms with Crippen LogP contribution in [0.2, 0.25) is 0 Å². The monoisotopic (exact) mass is 437 g/mol. The van der Waals surface area contributed by atoms with Crippen molar-refractivity contribution in [2.75, 3.05) is 31.1 Å². The molecule has 0 bridgehead atoms. The molecule has 0 radical (unpaired) electrons. The Hall–Kier alpha value is -1.33. The van der Waals surface area contributed by atoms with Gasteiger partial charge in [0.05, 0.1) is 19.8 Å². The van der Waals surface area contributed by atoms with E-state index in [-0.39, 0.29) is 5.75 Å². The lowest BCUT2D eigenvalue weighted by Gasteiger charge is -2.27. The van der Waals surface area contributed by atoms with Crippen LogP contribution in [0, 0.1) is 0 Å². The number of unbranched alkanes of at least 4 members (excludes halogenated alkanes) is 11. The van der Waals surface area contributed by atoms with E-state index in [1.165, 1.54) is 57.8 Å². The lowest BCUT2D eigenvalue weighted by Crippen LogP contribution is -2.40. The van der Waals surface area contributed by atoms with Gasteiger partial charge in [-0.15, -0.1) is 0 Å². The molecule has 1 aromatic carbocycles. The third-order valence-electron chi connectivity index (χ3n) is 5.69. The van der Waals surface area contributed by atoms with Gasteiger partial charge in [-0.1, -0.05) is 84.1 Å². The summed E-state index contributed by atoms with van der Waals surface area (Å²) in [7, 11) is 0.934. The summed E-state index contributed by atoms with van der Waals surface area (Å²) in [4.78, 5) is 0. The summed E-state index contributed by atoms with van der Waals surface area (Å²) in [5, 5.41) is 0. The third-order valence-corrected chi connectivity index (χ3v) is 7.06. The van der Waals surface area contributed by atoms with Crippen LogP contribution in [0.4, 0.5) is 11.4 Å². The van der Waals surface area contributed by atoms with Crippen LogP contribution >= 0.6 is 0 Å². The fourth-order valence-electron chi connectivity index (χ4n) is 3.72. The second-order valence-electron chi connectivity index (χ2n) is 9.01. The fourth-order valence-corrected chi connectivity index (χ4v) is 4.91. The minimum Gasteiger partial charge on any atom is -0.293 e. The van der Waals surface area contributed by atoms with Gasteiger partial charge in [0, 0.05) is 17.8 Å². The molecule has 0 saturated heterocycles. The van der Waals surface area contributed by atoms with Gasteiger partial charge in [0.25, 0.3) is 0 Å². The van der Waals surface area contributed by atoms with Crippen LogP contribution in [0.3, 0.4) is 0 Å². The van der Waals surface area contributed by atoms with Crippen molar-refractivity contribution in [3.05, 3.63) is 36.9 Å². The van der Waals surface area contributed by atoms with Crippen molar-refractivity contribution in [2.45, 2.75) is 84.0 Å². The zero-order valence-electron chi connectivity index (χ0n) is 19.7. The number of hydrogen-bond donors (Lipinski definition) is 1. The molecule has 0 aliphatic carbocycles. The fraction of sp³-hybridized carbons (Fsp3) is 0.680. The van der Waals surface area contributed by atoms with Gasteiger partial charge in [-0.25, -0.2) is 8.42 Å². The molecule has 0 fully saturated rings. The molecule has 0 saturated carbocycles. The Bertz CT molecular complexity index is 682. The van der Waals surface area contributed by atoms with Crippen LogP contribution in [0.5, 0.6) is 0 Å². The van der Waals surface area contributed by atoms with Crippen molar-refractivity contribution >= 4 is 21.4 Å². The van der Waals surface area contributed by atoms with Crippen LogP contribution < -0.4 is 9.21 Å². The topological polar surface area (TPSA) is 46.2 Å². The van der Waals surface area contributed by atoms with Crippen LogP contribution in [0.1, 0.15) is 84.0 Å². The number of quaternary nitrogens is 1. The van der Waals surface area contributed by atoms with E-state index in [0.717, 1.165) is 31.5 Å². The normalized spacial score (nSPS) is 12.1. The maximum Gasteiger partial charge on any atom is 0.232 e. The molecule has 0 spiro atoms. The highest BCUT2D eigenvalue weighted by molar-refractivity contribution is 7.92. The van der Waals surface area contributed by atoms with Crippen molar-refractivity contribution in [1.29, 1.82) is 0 Å². The second-order valence-corrected chi connectivity index (χ2v) is 10.9. The summed E-state index contributed by atoms with van der Waals surface area (Å²) in [6.07, 6.45) is 16.8. The highest BCUT2D eigenvalue weighted by atomic mass is 32.2. The molecule has 0 unspecified atom stereocenters. The first kappa shape index (κ1) is 26.7. The first-order chi connectivity index (χ1) is 14.3. The second kappa shape index (κ2) is 14.6. The molecule has 5 heteroatoms.